The van der Waals surface area contributed by atoms with Crippen LogP contribution in [0.25, 0.3) is 11.1 Å². The highest BCUT2D eigenvalue weighted by atomic mass is 19.4. The summed E-state index contributed by atoms with van der Waals surface area (Å²) in [5, 5.41) is 0. The summed E-state index contributed by atoms with van der Waals surface area (Å²) in [6.07, 6.45) is 5.00. The van der Waals surface area contributed by atoms with E-state index in [2.05, 4.69) is 13.8 Å². The lowest BCUT2D eigenvalue weighted by molar-refractivity contribution is -0.139. The van der Waals surface area contributed by atoms with Crippen LogP contribution in [0.5, 0.6) is 0 Å². The second-order valence-electron chi connectivity index (χ2n) is 9.64. The molecular weight excluding hydrogens is 438 g/mol. The predicted molar refractivity (Wildman–Crippen MR) is 119 cm³/mol. The Kier molecular flexibility index (Phi) is 8.52. The molecule has 3 rings (SSSR count). The van der Waals surface area contributed by atoms with Crippen molar-refractivity contribution in [2.45, 2.75) is 77.8 Å². The van der Waals surface area contributed by atoms with E-state index in [4.69, 9.17) is 0 Å². The molecule has 1 fully saturated rings. The van der Waals surface area contributed by atoms with Crippen molar-refractivity contribution in [3.8, 4) is 11.1 Å². The highest BCUT2D eigenvalue weighted by Gasteiger charge is 2.34. The Morgan fingerprint density at radius 3 is 1.94 bits per heavy atom. The third kappa shape index (κ3) is 6.77. The van der Waals surface area contributed by atoms with Gasteiger partial charge in [0.1, 0.15) is 17.5 Å². The Morgan fingerprint density at radius 2 is 1.42 bits per heavy atom. The van der Waals surface area contributed by atoms with Gasteiger partial charge in [-0.3, -0.25) is 0 Å². The summed E-state index contributed by atoms with van der Waals surface area (Å²) in [7, 11) is 0. The lowest BCUT2D eigenvalue weighted by atomic mass is 9.77. The second-order valence-corrected chi connectivity index (χ2v) is 9.64. The molecule has 0 heterocycles. The molecule has 0 N–H and O–H groups in total. The van der Waals surface area contributed by atoms with Crippen LogP contribution in [0.2, 0.25) is 0 Å². The van der Waals surface area contributed by atoms with Crippen molar-refractivity contribution in [2.75, 3.05) is 0 Å². The maximum atomic E-state index is 14.7. The molecule has 6 heteroatoms. The van der Waals surface area contributed by atoms with Crippen LogP contribution < -0.4 is 0 Å². The van der Waals surface area contributed by atoms with Gasteiger partial charge in [-0.15, -0.1) is 0 Å². The number of hydrogen-bond donors (Lipinski definition) is 0. The standard InChI is InChI=1S/C27H32F6/c1-3-17(2)4-5-18-6-8-19(9-7-18)10-11-20-14-24(29)26(25(30)15-20)21-12-13-22(23(28)16-21)27(31,32)33/h12-19H,3-11H2,1-2H3. The summed E-state index contributed by atoms with van der Waals surface area (Å²) >= 11 is 0. The van der Waals surface area contributed by atoms with E-state index in [0.29, 0.717) is 30.0 Å². The maximum absolute atomic E-state index is 14.7. The van der Waals surface area contributed by atoms with Crippen molar-refractivity contribution in [3.05, 3.63) is 58.9 Å². The van der Waals surface area contributed by atoms with E-state index in [9.17, 15) is 26.3 Å². The van der Waals surface area contributed by atoms with E-state index in [0.717, 1.165) is 37.2 Å². The lowest BCUT2D eigenvalue weighted by Crippen LogP contribution is -2.16. The van der Waals surface area contributed by atoms with Gasteiger partial charge in [0.05, 0.1) is 11.1 Å². The van der Waals surface area contributed by atoms with Gasteiger partial charge in [-0.05, 0) is 66.0 Å². The van der Waals surface area contributed by atoms with Gasteiger partial charge in [-0.1, -0.05) is 64.9 Å². The van der Waals surface area contributed by atoms with E-state index in [1.54, 1.807) is 0 Å². The number of aryl methyl sites for hydroxylation is 1. The Hall–Kier alpha value is -1.98. The summed E-state index contributed by atoms with van der Waals surface area (Å²) in [5.74, 6) is -1.23. The summed E-state index contributed by atoms with van der Waals surface area (Å²) < 4.78 is 81.5. The molecule has 2 aromatic rings. The minimum absolute atomic E-state index is 0.252. The molecule has 0 spiro atoms. The van der Waals surface area contributed by atoms with Crippen LogP contribution in [0.1, 0.15) is 76.3 Å². The van der Waals surface area contributed by atoms with Crippen molar-refractivity contribution in [3.63, 3.8) is 0 Å². The van der Waals surface area contributed by atoms with E-state index >= 15 is 0 Å². The van der Waals surface area contributed by atoms with Gasteiger partial charge in [0.25, 0.3) is 0 Å². The molecule has 0 amide bonds. The Labute approximate surface area is 192 Å². The number of alkyl halides is 3. The van der Waals surface area contributed by atoms with Crippen molar-refractivity contribution < 1.29 is 26.3 Å². The zero-order valence-corrected chi connectivity index (χ0v) is 19.3. The van der Waals surface area contributed by atoms with Crippen LogP contribution in [-0.2, 0) is 12.6 Å². The molecule has 33 heavy (non-hydrogen) atoms. The van der Waals surface area contributed by atoms with Gasteiger partial charge in [0, 0.05) is 0 Å². The first-order chi connectivity index (χ1) is 15.6. The monoisotopic (exact) mass is 470 g/mol. The molecule has 182 valence electrons. The maximum Gasteiger partial charge on any atom is 0.419 e. The van der Waals surface area contributed by atoms with E-state index in [-0.39, 0.29) is 5.56 Å². The molecule has 0 aromatic heterocycles. The fourth-order valence-electron chi connectivity index (χ4n) is 4.85. The molecule has 0 bridgehead atoms. The Morgan fingerprint density at radius 1 is 0.848 bits per heavy atom. The lowest BCUT2D eigenvalue weighted by Gasteiger charge is -2.29. The first kappa shape index (κ1) is 25.6. The molecule has 1 atom stereocenters. The third-order valence-electron chi connectivity index (χ3n) is 7.24. The van der Waals surface area contributed by atoms with Gasteiger partial charge < -0.3 is 0 Å². The molecule has 0 aliphatic heterocycles. The van der Waals surface area contributed by atoms with Crippen LogP contribution in [-0.4, -0.2) is 0 Å². The van der Waals surface area contributed by atoms with Crippen LogP contribution in [0.15, 0.2) is 30.3 Å². The molecule has 2 aromatic carbocycles. The zero-order chi connectivity index (χ0) is 24.2. The van der Waals surface area contributed by atoms with Crippen molar-refractivity contribution in [1.82, 2.24) is 0 Å². The highest BCUT2D eigenvalue weighted by Crippen LogP contribution is 2.37. The smallest absolute Gasteiger partial charge is 0.206 e. The van der Waals surface area contributed by atoms with Crippen LogP contribution in [0.4, 0.5) is 26.3 Å². The minimum Gasteiger partial charge on any atom is -0.206 e. The first-order valence-electron chi connectivity index (χ1n) is 11.9. The van der Waals surface area contributed by atoms with Crippen LogP contribution >= 0.6 is 0 Å². The normalized spacial score (nSPS) is 20.1. The third-order valence-corrected chi connectivity index (χ3v) is 7.24. The van der Waals surface area contributed by atoms with Gasteiger partial charge >= 0.3 is 6.18 Å². The van der Waals surface area contributed by atoms with Crippen LogP contribution in [0.3, 0.4) is 0 Å². The first-order valence-corrected chi connectivity index (χ1v) is 11.9. The number of benzene rings is 2. The van der Waals surface area contributed by atoms with Crippen LogP contribution in [0, 0.1) is 35.2 Å². The predicted octanol–water partition coefficient (Wildman–Crippen LogP) is 9.35. The fraction of sp³-hybridized carbons (Fsp3) is 0.556. The summed E-state index contributed by atoms with van der Waals surface area (Å²) in [5.41, 5.74) is -1.70. The molecule has 0 radical (unpaired) electrons. The van der Waals surface area contributed by atoms with Gasteiger partial charge in [0.15, 0.2) is 0 Å². The Balaban J connectivity index is 1.60. The largest absolute Gasteiger partial charge is 0.419 e. The fourth-order valence-corrected chi connectivity index (χ4v) is 4.85. The summed E-state index contributed by atoms with van der Waals surface area (Å²) in [6, 6.07) is 4.37. The summed E-state index contributed by atoms with van der Waals surface area (Å²) in [6.45, 7) is 4.52. The molecule has 1 aliphatic rings. The molecule has 0 saturated heterocycles. The molecule has 0 nitrogen and oxygen atoms in total. The van der Waals surface area contributed by atoms with E-state index in [1.807, 2.05) is 0 Å². The minimum atomic E-state index is -4.86. The number of halogens is 6. The SMILES string of the molecule is CCC(C)CCC1CCC(CCc2cc(F)c(-c3ccc(C(F)(F)F)c(F)c3)c(F)c2)CC1. The Bertz CT molecular complexity index is 902. The van der Waals surface area contributed by atoms with E-state index < -0.39 is 34.8 Å². The molecule has 1 saturated carbocycles. The van der Waals surface area contributed by atoms with Gasteiger partial charge in [-0.2, -0.15) is 13.2 Å². The average molecular weight is 471 g/mol. The van der Waals surface area contributed by atoms with Crippen molar-refractivity contribution in [1.29, 1.82) is 0 Å². The quantitative estimate of drug-likeness (QED) is 0.337. The molecule has 1 unspecified atom stereocenters. The van der Waals surface area contributed by atoms with Crippen molar-refractivity contribution in [2.24, 2.45) is 17.8 Å². The summed E-state index contributed by atoms with van der Waals surface area (Å²) in [4.78, 5) is 0. The number of rotatable bonds is 8. The highest BCUT2D eigenvalue weighted by molar-refractivity contribution is 5.66. The average Bonchev–Trinajstić information content (AvgIpc) is 2.75. The van der Waals surface area contributed by atoms with Gasteiger partial charge in [0.2, 0.25) is 0 Å². The molecule has 1 aliphatic carbocycles. The second kappa shape index (κ2) is 11.0. The number of hydrogen-bond acceptors (Lipinski definition) is 0. The van der Waals surface area contributed by atoms with E-state index in [1.165, 1.54) is 44.2 Å². The van der Waals surface area contributed by atoms with Crippen molar-refractivity contribution >= 4 is 0 Å². The van der Waals surface area contributed by atoms with Gasteiger partial charge in [-0.25, -0.2) is 13.2 Å². The topological polar surface area (TPSA) is 0 Å². The zero-order valence-electron chi connectivity index (χ0n) is 19.3. The molecular formula is C27H32F6.